The van der Waals surface area contributed by atoms with Gasteiger partial charge in [-0.3, -0.25) is 33.7 Å². The first kappa shape index (κ1) is 41.8. The van der Waals surface area contributed by atoms with Crippen molar-refractivity contribution < 1.29 is 28.2 Å². The second-order valence-electron chi connectivity index (χ2n) is 8.93. The Morgan fingerprint density at radius 1 is 0.649 bits per heavy atom. The molecule has 0 saturated carbocycles. The summed E-state index contributed by atoms with van der Waals surface area (Å²) in [4.78, 5) is 22.8. The maximum absolute atomic E-state index is 11.4. The molecule has 0 fully saturated rings. The normalized spacial score (nSPS) is 11.7. The summed E-state index contributed by atoms with van der Waals surface area (Å²) in [6.45, 7) is 13.3. The summed E-state index contributed by atoms with van der Waals surface area (Å²) in [7, 11) is 0. The van der Waals surface area contributed by atoms with E-state index in [9.17, 15) is 18.7 Å². The summed E-state index contributed by atoms with van der Waals surface area (Å²) in [6.07, 6.45) is 13.6. The van der Waals surface area contributed by atoms with Gasteiger partial charge in [0, 0.05) is 11.5 Å². The molecule has 37 heavy (non-hydrogen) atoms. The standard InChI is InChI=1S/2C10H20O3S.2C4H9.Sn/c2*1-3-5-6-9(4-2)10(11)13-7-8-14-12;2*1-3-4-2;/h2*9,12H,3-8H2,1-2H3;2*1,3-4H2,2H3;/q;;;;+2/p-2. The molecule has 0 heterocycles. The van der Waals surface area contributed by atoms with Crippen LogP contribution in [0.1, 0.15) is 119 Å². The molecule has 0 saturated heterocycles. The number of hydrogen-bond acceptors (Lipinski definition) is 8. The van der Waals surface area contributed by atoms with Gasteiger partial charge in [-0.1, -0.05) is 53.4 Å². The Balaban J connectivity index is -0.000000481. The Morgan fingerprint density at radius 3 is 1.27 bits per heavy atom. The van der Waals surface area contributed by atoms with Gasteiger partial charge in [-0.05, 0) is 25.7 Å². The molecule has 0 aliphatic rings. The molecule has 2 unspecified atom stereocenters. The van der Waals surface area contributed by atoms with Gasteiger partial charge in [0.2, 0.25) is 0 Å². The van der Waals surface area contributed by atoms with Gasteiger partial charge in [-0.2, -0.15) is 0 Å². The van der Waals surface area contributed by atoms with Gasteiger partial charge in [0.1, 0.15) is 0 Å². The third kappa shape index (κ3) is 32.5. The van der Waals surface area contributed by atoms with Crippen LogP contribution in [-0.4, -0.2) is 66.9 Å². The van der Waals surface area contributed by atoms with Crippen LogP contribution in [0, 0.1) is 11.8 Å². The first-order valence-electron chi connectivity index (χ1n) is 14.5. The Hall–Kier alpha value is 0.359. The fourth-order valence-electron chi connectivity index (χ4n) is 3.20. The van der Waals surface area contributed by atoms with E-state index in [1.807, 2.05) is 13.8 Å². The topological polar surface area (TPSA) is 98.7 Å². The summed E-state index contributed by atoms with van der Waals surface area (Å²) < 4.78 is 33.3. The fourth-order valence-corrected chi connectivity index (χ4v) is 7.66. The molecule has 0 bridgehead atoms. The number of hydrogen-bond donors (Lipinski definition) is 0. The Kier molecular flexibility index (Phi) is 41.1. The van der Waals surface area contributed by atoms with Crippen LogP contribution in [0.5, 0.6) is 0 Å². The molecular weight excluding hydrogens is 615 g/mol. The summed E-state index contributed by atoms with van der Waals surface area (Å²) in [5, 5.41) is 0. The molecule has 0 radical (unpaired) electrons. The summed E-state index contributed by atoms with van der Waals surface area (Å²) in [6, 6.07) is 0. The van der Waals surface area contributed by atoms with Crippen molar-refractivity contribution in [1.29, 1.82) is 0 Å². The zero-order valence-corrected chi connectivity index (χ0v) is 29.1. The van der Waals surface area contributed by atoms with E-state index in [1.54, 1.807) is 8.87 Å². The minimum atomic E-state index is -0.144. The van der Waals surface area contributed by atoms with Gasteiger partial charge in [0.05, 0.1) is 25.0 Å². The van der Waals surface area contributed by atoms with Crippen LogP contribution in [0.3, 0.4) is 0 Å². The second kappa shape index (κ2) is 36.4. The first-order valence-corrected chi connectivity index (χ1v) is 20.3. The average molecular weight is 672 g/mol. The van der Waals surface area contributed by atoms with E-state index < -0.39 is 0 Å². The Morgan fingerprint density at radius 2 is 1.00 bits per heavy atom. The van der Waals surface area contributed by atoms with Crippen molar-refractivity contribution >= 4 is 57.2 Å². The first-order chi connectivity index (χ1) is 17.9. The van der Waals surface area contributed by atoms with E-state index >= 15 is 0 Å². The fraction of sp³-hybridized carbons (Fsp3) is 0.929. The molecule has 2 atom stereocenters. The molecule has 0 amide bonds. The van der Waals surface area contributed by atoms with Crippen LogP contribution in [0.4, 0.5) is 0 Å². The van der Waals surface area contributed by atoms with Crippen molar-refractivity contribution in [2.45, 2.75) is 127 Å². The van der Waals surface area contributed by atoms with Crippen molar-refractivity contribution in [3.8, 4) is 0 Å². The van der Waals surface area contributed by atoms with E-state index in [-0.39, 0.29) is 58.1 Å². The number of ether oxygens (including phenoxy) is 2. The van der Waals surface area contributed by atoms with E-state index in [0.29, 0.717) is 35.6 Å². The predicted octanol–water partition coefficient (Wildman–Crippen LogP) is 8.35. The zero-order chi connectivity index (χ0) is 28.6. The molecule has 0 aromatic heterocycles. The zero-order valence-electron chi connectivity index (χ0n) is 24.6. The molecule has 0 rings (SSSR count). The molecular formula is C28H56O6S2Sn. The Labute approximate surface area is 248 Å². The van der Waals surface area contributed by atoms with Crippen LogP contribution < -0.4 is 0 Å². The number of rotatable bonds is 22. The average Bonchev–Trinajstić information content (AvgIpc) is 2.90. The summed E-state index contributed by atoms with van der Waals surface area (Å²) in [5.41, 5.74) is 0. The quantitative estimate of drug-likeness (QED) is 0.0490. The van der Waals surface area contributed by atoms with Crippen LogP contribution in [0.25, 0.3) is 0 Å². The van der Waals surface area contributed by atoms with E-state index in [1.165, 1.54) is 25.7 Å². The van der Waals surface area contributed by atoms with E-state index in [2.05, 4.69) is 27.7 Å². The third-order valence-electron chi connectivity index (χ3n) is 5.70. The number of esters is 2. The van der Waals surface area contributed by atoms with Gasteiger partial charge < -0.3 is 18.6 Å². The van der Waals surface area contributed by atoms with Gasteiger partial charge in [-0.25, -0.2) is 0 Å². The SMILES string of the molecule is CCCCC(CC)C(=O)OCCS[O-].CCCCC(CC)C(=O)OCCS[O-].CCC[CH2][Sn+2][CH2]CCC. The van der Waals surface area contributed by atoms with Crippen molar-refractivity contribution in [3.63, 3.8) is 0 Å². The van der Waals surface area contributed by atoms with Gasteiger partial charge in [-0.15, -0.1) is 0 Å². The van der Waals surface area contributed by atoms with Crippen molar-refractivity contribution in [2.24, 2.45) is 11.8 Å². The second-order valence-corrected chi connectivity index (χ2v) is 14.5. The van der Waals surface area contributed by atoms with Crippen LogP contribution in [-0.2, 0) is 19.1 Å². The van der Waals surface area contributed by atoms with E-state index in [4.69, 9.17) is 9.47 Å². The molecule has 0 aliphatic heterocycles. The van der Waals surface area contributed by atoms with Gasteiger partial charge in [0.15, 0.2) is 0 Å². The predicted molar refractivity (Wildman–Crippen MR) is 160 cm³/mol. The molecule has 9 heteroatoms. The van der Waals surface area contributed by atoms with Crippen LogP contribution >= 0.6 is 24.1 Å². The Bertz CT molecular complexity index is 432. The van der Waals surface area contributed by atoms with Crippen molar-refractivity contribution in [1.82, 2.24) is 0 Å². The van der Waals surface area contributed by atoms with Gasteiger partial charge in [0.25, 0.3) is 0 Å². The summed E-state index contributed by atoms with van der Waals surface area (Å²) in [5.74, 6) is 0.439. The molecule has 220 valence electrons. The molecule has 0 aromatic rings. The summed E-state index contributed by atoms with van der Waals surface area (Å²) >= 11 is 1.06. The molecule has 0 aromatic carbocycles. The molecule has 0 N–H and O–H groups in total. The molecule has 0 aliphatic carbocycles. The van der Waals surface area contributed by atoms with Crippen molar-refractivity contribution in [2.75, 3.05) is 24.7 Å². The third-order valence-corrected chi connectivity index (χ3v) is 10.4. The van der Waals surface area contributed by atoms with Gasteiger partial charge >= 0.3 is 81.5 Å². The molecule has 0 spiro atoms. The van der Waals surface area contributed by atoms with Crippen LogP contribution in [0.15, 0.2) is 0 Å². The monoisotopic (exact) mass is 672 g/mol. The van der Waals surface area contributed by atoms with Crippen LogP contribution in [0.2, 0.25) is 8.87 Å². The van der Waals surface area contributed by atoms with Crippen molar-refractivity contribution in [3.05, 3.63) is 0 Å². The minimum absolute atomic E-state index is 0.0200. The molecule has 6 nitrogen and oxygen atoms in total. The van der Waals surface area contributed by atoms with E-state index in [0.717, 1.165) is 51.4 Å². The number of carbonyl (C=O) groups is 2. The number of carbonyl (C=O) groups excluding carboxylic acids is 2. The maximum atomic E-state index is 11.4. The number of unbranched alkanes of at least 4 members (excludes halogenated alkanes) is 4.